The van der Waals surface area contributed by atoms with Crippen LogP contribution in [0.4, 0.5) is 0 Å². The number of phenols is 1. The quantitative estimate of drug-likeness (QED) is 0.715. The molecule has 0 spiro atoms. The largest absolute Gasteiger partial charge is 0.508 e. The number of aromatic hydroxyl groups is 1. The van der Waals surface area contributed by atoms with Gasteiger partial charge in [-0.15, -0.1) is 0 Å². The van der Waals surface area contributed by atoms with Gasteiger partial charge >= 0.3 is 11.6 Å². The molecule has 0 aliphatic heterocycles. The van der Waals surface area contributed by atoms with Crippen molar-refractivity contribution in [3.8, 4) is 11.5 Å². The van der Waals surface area contributed by atoms with Crippen LogP contribution in [0.25, 0.3) is 11.0 Å². The lowest BCUT2D eigenvalue weighted by Crippen LogP contribution is -2.16. The fraction of sp³-hybridized carbons (Fsp3) is 0.111. The van der Waals surface area contributed by atoms with Crippen LogP contribution >= 0.6 is 0 Å². The van der Waals surface area contributed by atoms with Crippen molar-refractivity contribution >= 4 is 16.9 Å². The summed E-state index contributed by atoms with van der Waals surface area (Å²) >= 11 is 0. The second-order valence-corrected chi connectivity index (χ2v) is 5.26. The molecule has 6 heteroatoms. The third-order valence-corrected chi connectivity index (χ3v) is 3.69. The fourth-order valence-corrected chi connectivity index (χ4v) is 2.43. The first-order chi connectivity index (χ1) is 11.5. The van der Waals surface area contributed by atoms with Crippen LogP contribution in [0, 0.1) is 6.92 Å². The van der Waals surface area contributed by atoms with Crippen LogP contribution in [0.5, 0.6) is 11.5 Å². The van der Waals surface area contributed by atoms with E-state index in [1.165, 1.54) is 12.1 Å². The van der Waals surface area contributed by atoms with Gasteiger partial charge in [0.05, 0.1) is 5.39 Å². The molecule has 3 rings (SSSR count). The Morgan fingerprint density at radius 2 is 1.88 bits per heavy atom. The first kappa shape index (κ1) is 15.6. The summed E-state index contributed by atoms with van der Waals surface area (Å²) in [6.07, 6.45) is 0. The lowest BCUT2D eigenvalue weighted by atomic mass is 10.1. The van der Waals surface area contributed by atoms with Gasteiger partial charge in [-0.25, -0.2) is 9.59 Å². The molecule has 0 atom stereocenters. The lowest BCUT2D eigenvalue weighted by Gasteiger charge is -2.12. The zero-order valence-corrected chi connectivity index (χ0v) is 12.8. The zero-order chi connectivity index (χ0) is 17.3. The smallest absolute Gasteiger partial charge is 0.354 e. The standard InChI is InChI=1S/C18H14O6/c1-10-13(19)8-7-12-15(10)24-18(22)14(17(20)21)16(12)23-9-11-5-3-2-4-6-11/h2-8,19H,9H2,1H3,(H,20,21). The molecule has 3 aromatic rings. The molecule has 1 aromatic heterocycles. The number of carboxylic acids is 1. The van der Waals surface area contributed by atoms with Crippen molar-refractivity contribution in [2.75, 3.05) is 0 Å². The van der Waals surface area contributed by atoms with E-state index < -0.39 is 17.2 Å². The number of ether oxygens (including phenoxy) is 1. The SMILES string of the molecule is Cc1c(O)ccc2c(OCc3ccccc3)c(C(=O)O)c(=O)oc12. The lowest BCUT2D eigenvalue weighted by molar-refractivity contribution is 0.0687. The summed E-state index contributed by atoms with van der Waals surface area (Å²) in [5, 5.41) is 19.4. The van der Waals surface area contributed by atoms with Gasteiger partial charge in [0.25, 0.3) is 0 Å². The first-order valence-electron chi connectivity index (χ1n) is 7.18. The van der Waals surface area contributed by atoms with Gasteiger partial charge < -0.3 is 19.4 Å². The van der Waals surface area contributed by atoms with E-state index in [0.29, 0.717) is 10.9 Å². The number of fused-ring (bicyclic) bond motifs is 1. The minimum Gasteiger partial charge on any atom is -0.508 e. The molecule has 0 unspecified atom stereocenters. The Bertz CT molecular complexity index is 972. The Kier molecular flexibility index (Phi) is 3.95. The Morgan fingerprint density at radius 1 is 1.17 bits per heavy atom. The van der Waals surface area contributed by atoms with E-state index >= 15 is 0 Å². The van der Waals surface area contributed by atoms with Gasteiger partial charge in [0.2, 0.25) is 0 Å². The summed E-state index contributed by atoms with van der Waals surface area (Å²) in [7, 11) is 0. The molecule has 6 nitrogen and oxygen atoms in total. The molecule has 2 aromatic carbocycles. The number of hydrogen-bond acceptors (Lipinski definition) is 5. The number of aromatic carboxylic acids is 1. The maximum Gasteiger partial charge on any atom is 0.354 e. The van der Waals surface area contributed by atoms with Crippen LogP contribution in [-0.2, 0) is 6.61 Å². The highest BCUT2D eigenvalue weighted by Crippen LogP contribution is 2.33. The maximum absolute atomic E-state index is 12.1. The number of phenolic OH excluding ortho intramolecular Hbond substituents is 1. The van der Waals surface area contributed by atoms with Gasteiger partial charge in [0.15, 0.2) is 11.3 Å². The van der Waals surface area contributed by atoms with E-state index in [9.17, 15) is 19.8 Å². The predicted molar refractivity (Wildman–Crippen MR) is 86.6 cm³/mol. The van der Waals surface area contributed by atoms with Crippen LogP contribution in [0.3, 0.4) is 0 Å². The van der Waals surface area contributed by atoms with Gasteiger partial charge in [-0.1, -0.05) is 30.3 Å². The van der Waals surface area contributed by atoms with E-state index in [1.54, 1.807) is 6.92 Å². The minimum atomic E-state index is -1.43. The summed E-state index contributed by atoms with van der Waals surface area (Å²) in [6, 6.07) is 12.0. The first-order valence-corrected chi connectivity index (χ1v) is 7.18. The van der Waals surface area contributed by atoms with Crippen molar-refractivity contribution in [1.82, 2.24) is 0 Å². The molecule has 0 bridgehead atoms. The van der Waals surface area contributed by atoms with E-state index in [2.05, 4.69) is 0 Å². The van der Waals surface area contributed by atoms with Gasteiger partial charge in [0.1, 0.15) is 17.9 Å². The molecule has 0 saturated heterocycles. The molecule has 0 saturated carbocycles. The van der Waals surface area contributed by atoms with Gasteiger partial charge in [0, 0.05) is 5.56 Å². The van der Waals surface area contributed by atoms with Crippen molar-refractivity contribution in [2.24, 2.45) is 0 Å². The Hall–Kier alpha value is -3.28. The third-order valence-electron chi connectivity index (χ3n) is 3.69. The molecule has 0 radical (unpaired) electrons. The van der Waals surface area contributed by atoms with E-state index in [4.69, 9.17) is 9.15 Å². The number of benzene rings is 2. The van der Waals surface area contributed by atoms with Crippen LogP contribution < -0.4 is 10.4 Å². The van der Waals surface area contributed by atoms with Crippen LogP contribution in [0.1, 0.15) is 21.5 Å². The monoisotopic (exact) mass is 326 g/mol. The Balaban J connectivity index is 2.19. The minimum absolute atomic E-state index is 0.0530. The van der Waals surface area contributed by atoms with Gasteiger partial charge in [-0.05, 0) is 24.6 Å². The molecule has 0 aliphatic rings. The van der Waals surface area contributed by atoms with Crippen molar-refractivity contribution in [1.29, 1.82) is 0 Å². The highest BCUT2D eigenvalue weighted by molar-refractivity contribution is 5.98. The molecule has 2 N–H and O–H groups in total. The number of carboxylic acid groups (broad SMARTS) is 1. The van der Waals surface area contributed by atoms with Gasteiger partial charge in [-0.2, -0.15) is 0 Å². The fourth-order valence-electron chi connectivity index (χ4n) is 2.43. The molecule has 0 amide bonds. The van der Waals surface area contributed by atoms with Crippen LogP contribution in [-0.4, -0.2) is 16.2 Å². The van der Waals surface area contributed by atoms with Crippen LogP contribution in [0.15, 0.2) is 51.7 Å². The van der Waals surface area contributed by atoms with Crippen molar-refractivity contribution in [3.63, 3.8) is 0 Å². The number of aryl methyl sites for hydroxylation is 1. The number of carbonyl (C=O) groups is 1. The summed E-state index contributed by atoms with van der Waals surface area (Å²) in [5.74, 6) is -1.55. The summed E-state index contributed by atoms with van der Waals surface area (Å²) in [6.45, 7) is 1.67. The normalized spacial score (nSPS) is 10.7. The van der Waals surface area contributed by atoms with Crippen molar-refractivity contribution < 1.29 is 24.2 Å². The Labute approximate surface area is 136 Å². The van der Waals surface area contributed by atoms with Gasteiger partial charge in [-0.3, -0.25) is 0 Å². The molecular formula is C18H14O6. The predicted octanol–water partition coefficient (Wildman–Crippen LogP) is 3.08. The van der Waals surface area contributed by atoms with Crippen molar-refractivity contribution in [2.45, 2.75) is 13.5 Å². The highest BCUT2D eigenvalue weighted by atomic mass is 16.5. The number of rotatable bonds is 4. The molecule has 24 heavy (non-hydrogen) atoms. The van der Waals surface area contributed by atoms with E-state index in [-0.39, 0.29) is 23.7 Å². The average molecular weight is 326 g/mol. The summed E-state index contributed by atoms with van der Waals surface area (Å²) < 4.78 is 10.7. The molecule has 122 valence electrons. The van der Waals surface area contributed by atoms with Crippen molar-refractivity contribution in [3.05, 3.63) is 69.6 Å². The second-order valence-electron chi connectivity index (χ2n) is 5.26. The molecule has 0 fully saturated rings. The second kappa shape index (κ2) is 6.08. The highest BCUT2D eigenvalue weighted by Gasteiger charge is 2.23. The third kappa shape index (κ3) is 2.69. The number of hydrogen-bond donors (Lipinski definition) is 2. The Morgan fingerprint density at radius 3 is 2.54 bits per heavy atom. The summed E-state index contributed by atoms with van der Waals surface area (Å²) in [4.78, 5) is 23.5. The molecular weight excluding hydrogens is 312 g/mol. The molecule has 0 aliphatic carbocycles. The van der Waals surface area contributed by atoms with Crippen LogP contribution in [0.2, 0.25) is 0 Å². The topological polar surface area (TPSA) is 97.0 Å². The zero-order valence-electron chi connectivity index (χ0n) is 12.8. The van der Waals surface area contributed by atoms with E-state index in [1.807, 2.05) is 30.3 Å². The summed E-state index contributed by atoms with van der Waals surface area (Å²) in [5.41, 5.74) is -0.319. The van der Waals surface area contributed by atoms with E-state index in [0.717, 1.165) is 5.56 Å². The average Bonchev–Trinajstić information content (AvgIpc) is 2.56. The maximum atomic E-state index is 12.1. The molecule has 1 heterocycles.